The van der Waals surface area contributed by atoms with Gasteiger partial charge in [-0.2, -0.15) is 0 Å². The molecule has 2 heterocycles. The fraction of sp³-hybridized carbons (Fsp3) is 0.500. The van der Waals surface area contributed by atoms with E-state index in [0.717, 1.165) is 29.7 Å². The number of nitrogens with zero attached hydrogens (tertiary/aromatic N) is 3. The summed E-state index contributed by atoms with van der Waals surface area (Å²) >= 11 is 0. The van der Waals surface area contributed by atoms with Gasteiger partial charge in [0.1, 0.15) is 5.82 Å². The van der Waals surface area contributed by atoms with Crippen LogP contribution in [-0.4, -0.2) is 27.0 Å². The van der Waals surface area contributed by atoms with E-state index in [1.54, 1.807) is 6.20 Å². The van der Waals surface area contributed by atoms with E-state index < -0.39 is 0 Å². The van der Waals surface area contributed by atoms with Gasteiger partial charge >= 0.3 is 0 Å². The highest BCUT2D eigenvalue weighted by atomic mass is 15.2. The smallest absolute Gasteiger partial charge is 0.180 e. The van der Waals surface area contributed by atoms with E-state index in [-0.39, 0.29) is 0 Å². The predicted molar refractivity (Wildman–Crippen MR) is 68.3 cm³/mol. The zero-order chi connectivity index (χ0) is 11.8. The molecule has 1 fully saturated rings. The Bertz CT molecular complexity index is 533. The van der Waals surface area contributed by atoms with E-state index in [4.69, 9.17) is 0 Å². The van der Waals surface area contributed by atoms with Gasteiger partial charge in [0.05, 0.1) is 6.20 Å². The molecule has 5 heteroatoms. The number of imidazole rings is 1. The number of fused-ring (bicyclic) bond motifs is 1. The van der Waals surface area contributed by atoms with Crippen LogP contribution in [0, 0.1) is 5.92 Å². The SMILES string of the molecule is CCNc1cn2ccnc2c(NC2CC2C)n1. The second kappa shape index (κ2) is 3.91. The lowest BCUT2D eigenvalue weighted by Gasteiger charge is -2.09. The van der Waals surface area contributed by atoms with Crippen LogP contribution in [0.4, 0.5) is 11.6 Å². The first-order valence-corrected chi connectivity index (χ1v) is 6.12. The molecule has 0 saturated heterocycles. The van der Waals surface area contributed by atoms with Gasteiger partial charge in [-0.1, -0.05) is 6.92 Å². The standard InChI is InChI=1S/C12H17N5/c1-3-13-10-7-17-5-4-14-12(17)11(16-10)15-9-6-8(9)2/h4-5,7-9,13H,3,6H2,1-2H3,(H,15,16). The van der Waals surface area contributed by atoms with Crippen LogP contribution < -0.4 is 10.6 Å². The van der Waals surface area contributed by atoms with Crippen LogP contribution >= 0.6 is 0 Å². The molecule has 1 aliphatic carbocycles. The topological polar surface area (TPSA) is 54.2 Å². The number of anilines is 2. The van der Waals surface area contributed by atoms with Crippen molar-refractivity contribution in [2.45, 2.75) is 26.3 Å². The van der Waals surface area contributed by atoms with Crippen LogP contribution in [0.25, 0.3) is 5.65 Å². The van der Waals surface area contributed by atoms with Gasteiger partial charge < -0.3 is 15.0 Å². The van der Waals surface area contributed by atoms with Crippen molar-refractivity contribution in [1.29, 1.82) is 0 Å². The van der Waals surface area contributed by atoms with Gasteiger partial charge in [-0.15, -0.1) is 0 Å². The van der Waals surface area contributed by atoms with Gasteiger partial charge in [-0.05, 0) is 19.3 Å². The van der Waals surface area contributed by atoms with Crippen molar-refractivity contribution in [3.8, 4) is 0 Å². The maximum Gasteiger partial charge on any atom is 0.180 e. The Labute approximate surface area is 100 Å². The van der Waals surface area contributed by atoms with Crippen molar-refractivity contribution in [3.05, 3.63) is 18.6 Å². The fourth-order valence-corrected chi connectivity index (χ4v) is 1.99. The molecule has 0 spiro atoms. The Morgan fingerprint density at radius 2 is 2.35 bits per heavy atom. The highest BCUT2D eigenvalue weighted by molar-refractivity contribution is 5.66. The minimum atomic E-state index is 0.555. The Morgan fingerprint density at radius 3 is 3.06 bits per heavy atom. The van der Waals surface area contributed by atoms with Gasteiger partial charge in [-0.3, -0.25) is 0 Å². The third kappa shape index (κ3) is 1.92. The monoisotopic (exact) mass is 231 g/mol. The lowest BCUT2D eigenvalue weighted by molar-refractivity contribution is 0.921. The third-order valence-electron chi connectivity index (χ3n) is 3.16. The fourth-order valence-electron chi connectivity index (χ4n) is 1.99. The van der Waals surface area contributed by atoms with Crippen molar-refractivity contribution >= 4 is 17.3 Å². The summed E-state index contributed by atoms with van der Waals surface area (Å²) in [5, 5.41) is 6.69. The maximum absolute atomic E-state index is 4.57. The normalized spacial score (nSPS) is 22.7. The molecule has 2 atom stereocenters. The van der Waals surface area contributed by atoms with Crippen molar-refractivity contribution in [3.63, 3.8) is 0 Å². The molecule has 17 heavy (non-hydrogen) atoms. The molecular formula is C12H17N5. The van der Waals surface area contributed by atoms with Crippen molar-refractivity contribution < 1.29 is 0 Å². The van der Waals surface area contributed by atoms with Gasteiger partial charge in [0.15, 0.2) is 11.5 Å². The third-order valence-corrected chi connectivity index (χ3v) is 3.16. The molecule has 0 radical (unpaired) electrons. The van der Waals surface area contributed by atoms with Gasteiger partial charge in [0.25, 0.3) is 0 Å². The van der Waals surface area contributed by atoms with Crippen molar-refractivity contribution in [1.82, 2.24) is 14.4 Å². The number of aromatic nitrogens is 3. The minimum Gasteiger partial charge on any atom is -0.369 e. The lowest BCUT2D eigenvalue weighted by Crippen LogP contribution is -2.10. The van der Waals surface area contributed by atoms with Crippen LogP contribution in [0.3, 0.4) is 0 Å². The molecular weight excluding hydrogens is 214 g/mol. The van der Waals surface area contributed by atoms with Crippen LogP contribution in [0.15, 0.2) is 18.6 Å². The molecule has 1 saturated carbocycles. The molecule has 2 N–H and O–H groups in total. The molecule has 0 aromatic carbocycles. The zero-order valence-corrected chi connectivity index (χ0v) is 10.1. The molecule has 1 aliphatic rings. The first-order chi connectivity index (χ1) is 8.28. The Balaban J connectivity index is 1.97. The first kappa shape index (κ1) is 10.4. The molecule has 2 aromatic heterocycles. The number of hydrogen-bond acceptors (Lipinski definition) is 4. The Morgan fingerprint density at radius 1 is 1.53 bits per heavy atom. The first-order valence-electron chi connectivity index (χ1n) is 6.12. The summed E-state index contributed by atoms with van der Waals surface area (Å²) in [6.07, 6.45) is 6.93. The summed E-state index contributed by atoms with van der Waals surface area (Å²) in [6.45, 7) is 5.18. The molecule has 90 valence electrons. The van der Waals surface area contributed by atoms with E-state index in [2.05, 4.69) is 34.4 Å². The highest BCUT2D eigenvalue weighted by Gasteiger charge is 2.33. The molecule has 0 amide bonds. The maximum atomic E-state index is 4.57. The van der Waals surface area contributed by atoms with Gasteiger partial charge in [0.2, 0.25) is 0 Å². The van der Waals surface area contributed by atoms with Crippen molar-refractivity contribution in [2.75, 3.05) is 17.2 Å². The quantitative estimate of drug-likeness (QED) is 0.845. The van der Waals surface area contributed by atoms with Gasteiger partial charge in [-0.25, -0.2) is 9.97 Å². The molecule has 0 bridgehead atoms. The molecule has 3 rings (SSSR count). The van der Waals surface area contributed by atoms with E-state index in [1.165, 1.54) is 6.42 Å². The lowest BCUT2D eigenvalue weighted by atomic mass is 10.4. The van der Waals surface area contributed by atoms with Crippen molar-refractivity contribution in [2.24, 2.45) is 5.92 Å². The summed E-state index contributed by atoms with van der Waals surface area (Å²) in [6, 6.07) is 0.555. The van der Waals surface area contributed by atoms with Crippen LogP contribution in [0.5, 0.6) is 0 Å². The van der Waals surface area contributed by atoms with E-state index in [0.29, 0.717) is 6.04 Å². The molecule has 0 aliphatic heterocycles. The molecule has 5 nitrogen and oxygen atoms in total. The molecule has 2 aromatic rings. The minimum absolute atomic E-state index is 0.555. The predicted octanol–water partition coefficient (Wildman–Crippen LogP) is 1.98. The average molecular weight is 231 g/mol. The Hall–Kier alpha value is -1.78. The second-order valence-corrected chi connectivity index (χ2v) is 4.63. The van der Waals surface area contributed by atoms with Crippen LogP contribution in [0.1, 0.15) is 20.3 Å². The number of nitrogens with one attached hydrogen (secondary N) is 2. The second-order valence-electron chi connectivity index (χ2n) is 4.63. The summed E-state index contributed by atoms with van der Waals surface area (Å²) < 4.78 is 2.00. The van der Waals surface area contributed by atoms with E-state index in [9.17, 15) is 0 Å². The van der Waals surface area contributed by atoms with E-state index in [1.807, 2.05) is 16.8 Å². The Kier molecular flexibility index (Phi) is 2.39. The largest absolute Gasteiger partial charge is 0.369 e. The van der Waals surface area contributed by atoms with Crippen LogP contribution in [0.2, 0.25) is 0 Å². The average Bonchev–Trinajstić information content (AvgIpc) is 2.79. The number of hydrogen-bond donors (Lipinski definition) is 2. The highest BCUT2D eigenvalue weighted by Crippen LogP contribution is 2.33. The summed E-state index contributed by atoms with van der Waals surface area (Å²) in [5.41, 5.74) is 0.894. The molecule has 2 unspecified atom stereocenters. The summed E-state index contributed by atoms with van der Waals surface area (Å²) in [4.78, 5) is 8.91. The van der Waals surface area contributed by atoms with Crippen LogP contribution in [-0.2, 0) is 0 Å². The summed E-state index contributed by atoms with van der Waals surface area (Å²) in [5.74, 6) is 2.51. The van der Waals surface area contributed by atoms with E-state index >= 15 is 0 Å². The number of rotatable bonds is 4. The van der Waals surface area contributed by atoms with Gasteiger partial charge in [0, 0.05) is 25.0 Å². The summed E-state index contributed by atoms with van der Waals surface area (Å²) in [7, 11) is 0. The zero-order valence-electron chi connectivity index (χ0n) is 10.1.